The molecule has 0 amide bonds. The number of rotatable bonds is 6. The molecule has 0 spiro atoms. The molecular weight excluding hydrogens is 418 g/mol. The predicted octanol–water partition coefficient (Wildman–Crippen LogP) is 3.11. The second kappa shape index (κ2) is 8.31. The van der Waals surface area contributed by atoms with Gasteiger partial charge in [0.2, 0.25) is 0 Å². The third-order valence-corrected chi connectivity index (χ3v) is 6.82. The summed E-state index contributed by atoms with van der Waals surface area (Å²) in [7, 11) is 0. The quantitative estimate of drug-likeness (QED) is 0.471. The van der Waals surface area contributed by atoms with Crippen molar-refractivity contribution >= 4 is 22.8 Å². The van der Waals surface area contributed by atoms with Gasteiger partial charge in [0, 0.05) is 35.5 Å². The molecule has 0 bridgehead atoms. The van der Waals surface area contributed by atoms with Crippen molar-refractivity contribution in [3.63, 3.8) is 0 Å². The van der Waals surface area contributed by atoms with E-state index in [1.165, 1.54) is 0 Å². The third-order valence-electron chi connectivity index (χ3n) is 6.82. The molecule has 3 aromatic heterocycles. The van der Waals surface area contributed by atoms with Crippen molar-refractivity contribution in [1.29, 1.82) is 0 Å². The molecular formula is C24H25N7O2. The topological polar surface area (TPSA) is 113 Å². The van der Waals surface area contributed by atoms with Crippen molar-refractivity contribution in [3.8, 4) is 5.75 Å². The van der Waals surface area contributed by atoms with Gasteiger partial charge in [-0.3, -0.25) is 9.89 Å². The van der Waals surface area contributed by atoms with E-state index in [4.69, 9.17) is 4.74 Å². The number of benzene rings is 1. The molecule has 6 rings (SSSR count). The van der Waals surface area contributed by atoms with Crippen molar-refractivity contribution < 1.29 is 9.53 Å². The molecule has 9 nitrogen and oxygen atoms in total. The Hall–Kier alpha value is -3.75. The zero-order valence-corrected chi connectivity index (χ0v) is 18.2. The lowest BCUT2D eigenvalue weighted by Gasteiger charge is -2.28. The number of ketones is 1. The van der Waals surface area contributed by atoms with Gasteiger partial charge >= 0.3 is 0 Å². The van der Waals surface area contributed by atoms with E-state index in [1.54, 1.807) is 18.9 Å². The van der Waals surface area contributed by atoms with Crippen molar-refractivity contribution in [3.05, 3.63) is 59.9 Å². The molecule has 1 saturated heterocycles. The van der Waals surface area contributed by atoms with Crippen LogP contribution in [-0.2, 0) is 12.8 Å². The Bertz CT molecular complexity index is 1280. The molecule has 0 saturated carbocycles. The average Bonchev–Trinajstić information content (AvgIpc) is 3.61. The highest BCUT2D eigenvalue weighted by Gasteiger charge is 2.31. The van der Waals surface area contributed by atoms with E-state index in [0.29, 0.717) is 18.7 Å². The highest BCUT2D eigenvalue weighted by Crippen LogP contribution is 2.34. The number of nitrogens with one attached hydrogen (secondary N) is 2. The summed E-state index contributed by atoms with van der Waals surface area (Å²) in [5, 5.41) is 6.97. The van der Waals surface area contributed by atoms with E-state index in [1.807, 2.05) is 24.3 Å². The van der Waals surface area contributed by atoms with Crippen LogP contribution < -0.4 is 9.64 Å². The van der Waals surface area contributed by atoms with Crippen molar-refractivity contribution in [1.82, 2.24) is 30.1 Å². The highest BCUT2D eigenvalue weighted by molar-refractivity contribution is 6.01. The number of H-pyrrole nitrogens is 2. The fraction of sp³-hybridized carbons (Fsp3) is 0.375. The molecule has 33 heavy (non-hydrogen) atoms. The Kier molecular flexibility index (Phi) is 5.01. The van der Waals surface area contributed by atoms with E-state index in [-0.39, 0.29) is 17.7 Å². The van der Waals surface area contributed by atoms with Crippen LogP contribution >= 0.6 is 0 Å². The number of Topliss-reactive ketones (excluding diaryl/α,β-unsaturated/α-hetero) is 1. The van der Waals surface area contributed by atoms with Crippen LogP contribution in [0.5, 0.6) is 5.75 Å². The largest absolute Gasteiger partial charge is 0.491 e. The van der Waals surface area contributed by atoms with Crippen molar-refractivity contribution in [2.75, 3.05) is 18.1 Å². The number of carbonyl (C=O) groups excluding carboxylic acids is 1. The lowest BCUT2D eigenvalue weighted by Crippen LogP contribution is -2.35. The minimum Gasteiger partial charge on any atom is -0.491 e. The zero-order chi connectivity index (χ0) is 22.2. The maximum Gasteiger partial charge on any atom is 0.182 e. The number of fused-ring (bicyclic) bond motifs is 2. The molecule has 0 radical (unpaired) electrons. The molecule has 168 valence electrons. The molecule has 4 heterocycles. The monoisotopic (exact) mass is 443 g/mol. The Morgan fingerprint density at radius 3 is 3.03 bits per heavy atom. The number of aromatic nitrogens is 6. The normalized spacial score (nSPS) is 20.4. The van der Waals surface area contributed by atoms with Crippen LogP contribution in [0.2, 0.25) is 0 Å². The van der Waals surface area contributed by atoms with Gasteiger partial charge in [-0.15, -0.1) is 0 Å². The number of hydrogen-bond donors (Lipinski definition) is 2. The van der Waals surface area contributed by atoms with Gasteiger partial charge in [0.1, 0.15) is 24.2 Å². The SMILES string of the molecule is O=C1c2cccc(OC[C@H]3CCCN3c3ncnc4nc[nH]c34)c2CC[C@H]1Cc1ccn[nH]1. The first kappa shape index (κ1) is 19.9. The number of anilines is 1. The van der Waals surface area contributed by atoms with Gasteiger partial charge < -0.3 is 14.6 Å². The van der Waals surface area contributed by atoms with Gasteiger partial charge in [0.15, 0.2) is 17.2 Å². The van der Waals surface area contributed by atoms with Gasteiger partial charge in [-0.2, -0.15) is 5.10 Å². The molecule has 2 aliphatic rings. The summed E-state index contributed by atoms with van der Waals surface area (Å²) < 4.78 is 6.34. The second-order valence-corrected chi connectivity index (χ2v) is 8.77. The fourth-order valence-electron chi connectivity index (χ4n) is 5.16. The maximum absolute atomic E-state index is 13.2. The summed E-state index contributed by atoms with van der Waals surface area (Å²) in [6.45, 7) is 1.46. The number of hydrogen-bond acceptors (Lipinski definition) is 7. The molecule has 1 aromatic carbocycles. The Balaban J connectivity index is 1.19. The molecule has 0 unspecified atom stereocenters. The van der Waals surface area contributed by atoms with Gasteiger partial charge in [0.25, 0.3) is 0 Å². The van der Waals surface area contributed by atoms with E-state index in [0.717, 1.165) is 66.1 Å². The summed E-state index contributed by atoms with van der Waals surface area (Å²) in [5.41, 5.74) is 4.36. The summed E-state index contributed by atoms with van der Waals surface area (Å²) in [5.74, 6) is 1.87. The first-order valence-electron chi connectivity index (χ1n) is 11.5. The Morgan fingerprint density at radius 1 is 1.15 bits per heavy atom. The van der Waals surface area contributed by atoms with Gasteiger partial charge in [-0.25, -0.2) is 15.0 Å². The first-order chi connectivity index (χ1) is 16.3. The number of aromatic amines is 2. The van der Waals surface area contributed by atoms with Crippen LogP contribution in [0.4, 0.5) is 5.82 Å². The number of carbonyl (C=O) groups is 1. The summed E-state index contributed by atoms with van der Waals surface area (Å²) in [6.07, 6.45) is 9.40. The molecule has 1 aliphatic carbocycles. The number of ether oxygens (including phenoxy) is 1. The Morgan fingerprint density at radius 2 is 2.12 bits per heavy atom. The van der Waals surface area contributed by atoms with Crippen LogP contribution in [0, 0.1) is 5.92 Å². The van der Waals surface area contributed by atoms with Crippen LogP contribution in [0.3, 0.4) is 0 Å². The third kappa shape index (κ3) is 3.63. The minimum absolute atomic E-state index is 0.0203. The van der Waals surface area contributed by atoms with Crippen LogP contribution in [0.25, 0.3) is 11.2 Å². The average molecular weight is 444 g/mol. The molecule has 1 fully saturated rings. The van der Waals surface area contributed by atoms with Crippen LogP contribution in [0.15, 0.2) is 43.1 Å². The lowest BCUT2D eigenvalue weighted by atomic mass is 9.80. The molecule has 2 N–H and O–H groups in total. The van der Waals surface area contributed by atoms with Gasteiger partial charge in [-0.1, -0.05) is 12.1 Å². The standard InChI is InChI=1S/C24H25N7O2/c32-22-15(11-16-8-9-29-30-16)6-7-18-19(22)4-1-5-20(18)33-12-17-3-2-10-31(17)24-21-23(26-13-25-21)27-14-28-24/h1,4-5,8-9,13-15,17H,2-3,6-7,10-12H2,(H,29,30)(H,25,26,27,28)/t15-,17+/m0/s1. The molecule has 9 heteroatoms. The molecule has 4 aromatic rings. The maximum atomic E-state index is 13.2. The van der Waals surface area contributed by atoms with E-state index in [2.05, 4.69) is 35.0 Å². The minimum atomic E-state index is -0.0203. The van der Waals surface area contributed by atoms with E-state index >= 15 is 0 Å². The van der Waals surface area contributed by atoms with E-state index in [9.17, 15) is 4.79 Å². The smallest absolute Gasteiger partial charge is 0.182 e. The van der Waals surface area contributed by atoms with E-state index < -0.39 is 0 Å². The Labute approximate surface area is 190 Å². The second-order valence-electron chi connectivity index (χ2n) is 8.77. The van der Waals surface area contributed by atoms with Crippen molar-refractivity contribution in [2.24, 2.45) is 5.92 Å². The van der Waals surface area contributed by atoms with Crippen LogP contribution in [0.1, 0.15) is 40.9 Å². The lowest BCUT2D eigenvalue weighted by molar-refractivity contribution is 0.0899. The summed E-state index contributed by atoms with van der Waals surface area (Å²) >= 11 is 0. The van der Waals surface area contributed by atoms with Gasteiger partial charge in [0.05, 0.1) is 12.4 Å². The number of nitrogens with zero attached hydrogens (tertiary/aromatic N) is 5. The fourth-order valence-corrected chi connectivity index (χ4v) is 5.16. The first-order valence-corrected chi connectivity index (χ1v) is 11.5. The van der Waals surface area contributed by atoms with Crippen LogP contribution in [-0.4, -0.2) is 55.1 Å². The number of imidazole rings is 1. The van der Waals surface area contributed by atoms with Gasteiger partial charge in [-0.05, 0) is 44.2 Å². The predicted molar refractivity (Wildman–Crippen MR) is 122 cm³/mol. The highest BCUT2D eigenvalue weighted by atomic mass is 16.5. The van der Waals surface area contributed by atoms with Crippen molar-refractivity contribution in [2.45, 2.75) is 38.1 Å². The molecule has 2 atom stereocenters. The summed E-state index contributed by atoms with van der Waals surface area (Å²) in [6, 6.07) is 7.98. The zero-order valence-electron chi connectivity index (χ0n) is 18.2. The summed E-state index contributed by atoms with van der Waals surface area (Å²) in [4.78, 5) is 31.6. The molecule has 1 aliphatic heterocycles.